The van der Waals surface area contributed by atoms with Gasteiger partial charge in [-0.15, -0.1) is 0 Å². The zero-order chi connectivity index (χ0) is 19.8. The Hall–Kier alpha value is -2.82. The average Bonchev–Trinajstić information content (AvgIpc) is 2.66. The zero-order valence-electron chi connectivity index (χ0n) is 16.4. The molecule has 0 bridgehead atoms. The molecule has 0 spiro atoms. The Bertz CT molecular complexity index is 789. The first-order valence-electron chi connectivity index (χ1n) is 9.38. The predicted octanol–water partition coefficient (Wildman–Crippen LogP) is 4.32. The number of aryl methyl sites for hydroxylation is 1. The fraction of sp³-hybridized carbons (Fsp3) is 0.364. The summed E-state index contributed by atoms with van der Waals surface area (Å²) in [6.07, 6.45) is 0.709. The van der Waals surface area contributed by atoms with Crippen LogP contribution in [0.4, 0.5) is 5.69 Å². The van der Waals surface area contributed by atoms with Crippen LogP contribution in [0.25, 0.3) is 0 Å². The van der Waals surface area contributed by atoms with Crippen LogP contribution in [0.1, 0.15) is 49.5 Å². The molecule has 5 nitrogen and oxygen atoms in total. The van der Waals surface area contributed by atoms with Gasteiger partial charge in [-0.3, -0.25) is 9.59 Å². The highest BCUT2D eigenvalue weighted by Crippen LogP contribution is 2.19. The van der Waals surface area contributed by atoms with Crippen molar-refractivity contribution < 1.29 is 14.3 Å². The van der Waals surface area contributed by atoms with Crippen LogP contribution < -0.4 is 15.4 Å². The number of carbonyl (C=O) groups excluding carboxylic acids is 2. The summed E-state index contributed by atoms with van der Waals surface area (Å²) in [5.41, 5.74) is 1.99. The highest BCUT2D eigenvalue weighted by atomic mass is 16.5. The van der Waals surface area contributed by atoms with Crippen LogP contribution >= 0.6 is 0 Å². The van der Waals surface area contributed by atoms with Crippen LogP contribution in [0.5, 0.6) is 5.75 Å². The van der Waals surface area contributed by atoms with E-state index in [1.165, 1.54) is 0 Å². The van der Waals surface area contributed by atoms with Crippen LogP contribution in [0.15, 0.2) is 48.5 Å². The molecule has 2 atom stereocenters. The largest absolute Gasteiger partial charge is 0.481 e. The summed E-state index contributed by atoms with van der Waals surface area (Å²) < 4.78 is 5.85. The van der Waals surface area contributed by atoms with Crippen molar-refractivity contribution >= 4 is 17.5 Å². The minimum Gasteiger partial charge on any atom is -0.481 e. The van der Waals surface area contributed by atoms with Crippen molar-refractivity contribution in [2.75, 3.05) is 5.32 Å². The fourth-order valence-corrected chi connectivity index (χ4v) is 2.58. The van der Waals surface area contributed by atoms with E-state index in [0.29, 0.717) is 23.4 Å². The second-order valence-electron chi connectivity index (χ2n) is 6.65. The Morgan fingerprint density at radius 1 is 1.04 bits per heavy atom. The van der Waals surface area contributed by atoms with Crippen LogP contribution in [-0.4, -0.2) is 24.0 Å². The summed E-state index contributed by atoms with van der Waals surface area (Å²) in [4.78, 5) is 25.2. The smallest absolute Gasteiger partial charge is 0.265 e. The van der Waals surface area contributed by atoms with Crippen molar-refractivity contribution in [3.8, 4) is 5.75 Å². The number of anilines is 1. The molecular weight excluding hydrogens is 340 g/mol. The molecule has 0 aliphatic rings. The molecule has 0 aliphatic carbocycles. The number of para-hydroxylation sites is 1. The molecule has 2 unspecified atom stereocenters. The lowest BCUT2D eigenvalue weighted by Gasteiger charge is -2.19. The lowest BCUT2D eigenvalue weighted by molar-refractivity contribution is -0.122. The standard InChI is InChI=1S/C22H28N2O3/c1-5-16(4)23-21(25)18-12-7-8-13-19(18)24-22(26)20(6-2)27-17-11-9-10-15(3)14-17/h7-14,16,20H,5-6H2,1-4H3,(H,23,25)(H,24,26). The monoisotopic (exact) mass is 368 g/mol. The number of ether oxygens (including phenoxy) is 1. The van der Waals surface area contributed by atoms with E-state index < -0.39 is 6.10 Å². The Kier molecular flexibility index (Phi) is 7.41. The predicted molar refractivity (Wildman–Crippen MR) is 108 cm³/mol. The lowest BCUT2D eigenvalue weighted by Crippen LogP contribution is -2.35. The van der Waals surface area contributed by atoms with Crippen LogP contribution in [0.3, 0.4) is 0 Å². The third kappa shape index (κ3) is 5.84. The van der Waals surface area contributed by atoms with Crippen LogP contribution in [0.2, 0.25) is 0 Å². The van der Waals surface area contributed by atoms with E-state index in [0.717, 1.165) is 12.0 Å². The summed E-state index contributed by atoms with van der Waals surface area (Å²) >= 11 is 0. The van der Waals surface area contributed by atoms with Gasteiger partial charge in [0.15, 0.2) is 6.10 Å². The van der Waals surface area contributed by atoms with Gasteiger partial charge in [-0.25, -0.2) is 0 Å². The molecule has 2 amide bonds. The number of hydrogen-bond donors (Lipinski definition) is 2. The first-order chi connectivity index (χ1) is 12.9. The van der Waals surface area contributed by atoms with Crippen LogP contribution in [0, 0.1) is 6.92 Å². The van der Waals surface area contributed by atoms with Crippen LogP contribution in [-0.2, 0) is 4.79 Å². The van der Waals surface area contributed by atoms with E-state index in [9.17, 15) is 9.59 Å². The highest BCUT2D eigenvalue weighted by Gasteiger charge is 2.21. The minimum absolute atomic E-state index is 0.0642. The quantitative estimate of drug-likeness (QED) is 0.729. The number of rotatable bonds is 8. The molecule has 0 saturated carbocycles. The topological polar surface area (TPSA) is 67.4 Å². The maximum atomic E-state index is 12.7. The van der Waals surface area contributed by atoms with E-state index in [1.54, 1.807) is 24.3 Å². The van der Waals surface area contributed by atoms with Gasteiger partial charge in [0, 0.05) is 6.04 Å². The molecule has 144 valence electrons. The average molecular weight is 368 g/mol. The summed E-state index contributed by atoms with van der Waals surface area (Å²) in [6.45, 7) is 7.82. The van der Waals surface area contributed by atoms with E-state index in [1.807, 2.05) is 52.0 Å². The number of amides is 2. The van der Waals surface area contributed by atoms with Gasteiger partial charge in [-0.1, -0.05) is 38.1 Å². The Balaban J connectivity index is 2.13. The molecule has 0 aromatic heterocycles. The van der Waals surface area contributed by atoms with Gasteiger partial charge < -0.3 is 15.4 Å². The third-order valence-corrected chi connectivity index (χ3v) is 4.35. The van der Waals surface area contributed by atoms with Crippen molar-refractivity contribution in [3.05, 3.63) is 59.7 Å². The second-order valence-corrected chi connectivity index (χ2v) is 6.65. The number of nitrogens with one attached hydrogen (secondary N) is 2. The molecule has 0 fully saturated rings. The molecule has 2 rings (SSSR count). The maximum Gasteiger partial charge on any atom is 0.265 e. The van der Waals surface area contributed by atoms with Gasteiger partial charge in [0.25, 0.3) is 11.8 Å². The maximum absolute atomic E-state index is 12.7. The van der Waals surface area contributed by atoms with Gasteiger partial charge in [0.05, 0.1) is 11.3 Å². The summed E-state index contributed by atoms with van der Waals surface area (Å²) in [7, 11) is 0. The molecule has 5 heteroatoms. The summed E-state index contributed by atoms with van der Waals surface area (Å²) in [6, 6.07) is 14.6. The van der Waals surface area contributed by atoms with Crippen molar-refractivity contribution in [3.63, 3.8) is 0 Å². The lowest BCUT2D eigenvalue weighted by atomic mass is 10.1. The zero-order valence-corrected chi connectivity index (χ0v) is 16.4. The molecule has 2 aromatic carbocycles. The van der Waals surface area contributed by atoms with Crippen molar-refractivity contribution in [1.29, 1.82) is 0 Å². The highest BCUT2D eigenvalue weighted by molar-refractivity contribution is 6.04. The van der Waals surface area contributed by atoms with Gasteiger partial charge in [0.1, 0.15) is 5.75 Å². The van der Waals surface area contributed by atoms with E-state index >= 15 is 0 Å². The second kappa shape index (κ2) is 9.76. The Labute approximate surface area is 161 Å². The molecule has 0 saturated heterocycles. The number of benzene rings is 2. The van der Waals surface area contributed by atoms with Gasteiger partial charge >= 0.3 is 0 Å². The SMILES string of the molecule is CCC(C)NC(=O)c1ccccc1NC(=O)C(CC)Oc1cccc(C)c1. The Morgan fingerprint density at radius 3 is 2.44 bits per heavy atom. The van der Waals surface area contributed by atoms with E-state index in [2.05, 4.69) is 10.6 Å². The molecule has 27 heavy (non-hydrogen) atoms. The van der Waals surface area contributed by atoms with Gasteiger partial charge in [0.2, 0.25) is 0 Å². The molecule has 0 aliphatic heterocycles. The number of carbonyl (C=O) groups is 2. The fourth-order valence-electron chi connectivity index (χ4n) is 2.58. The molecule has 0 radical (unpaired) electrons. The molecule has 0 heterocycles. The van der Waals surface area contributed by atoms with E-state index in [-0.39, 0.29) is 17.9 Å². The van der Waals surface area contributed by atoms with E-state index in [4.69, 9.17) is 4.74 Å². The first kappa shape index (κ1) is 20.5. The van der Waals surface area contributed by atoms with Crippen molar-refractivity contribution in [2.45, 2.75) is 52.7 Å². The molecule has 2 aromatic rings. The summed E-state index contributed by atoms with van der Waals surface area (Å²) in [5, 5.41) is 5.77. The van der Waals surface area contributed by atoms with Gasteiger partial charge in [-0.05, 0) is 56.5 Å². The minimum atomic E-state index is -0.641. The Morgan fingerprint density at radius 2 is 1.78 bits per heavy atom. The number of hydrogen-bond acceptors (Lipinski definition) is 3. The molecular formula is C22H28N2O3. The van der Waals surface area contributed by atoms with Gasteiger partial charge in [-0.2, -0.15) is 0 Å². The summed E-state index contributed by atoms with van der Waals surface area (Å²) in [5.74, 6) is 0.176. The van der Waals surface area contributed by atoms with Crippen molar-refractivity contribution in [2.24, 2.45) is 0 Å². The normalized spacial score (nSPS) is 12.7. The van der Waals surface area contributed by atoms with Crippen molar-refractivity contribution in [1.82, 2.24) is 5.32 Å². The third-order valence-electron chi connectivity index (χ3n) is 4.35. The molecule has 2 N–H and O–H groups in total. The first-order valence-corrected chi connectivity index (χ1v) is 9.38.